The van der Waals surface area contributed by atoms with Crippen molar-refractivity contribution < 1.29 is 9.47 Å². The number of hydrogen-bond acceptors (Lipinski definition) is 3. The van der Waals surface area contributed by atoms with Gasteiger partial charge in [-0.1, -0.05) is 13.0 Å². The van der Waals surface area contributed by atoms with Gasteiger partial charge in [0.15, 0.2) is 17.5 Å². The second-order valence-corrected chi connectivity index (χ2v) is 6.04. The lowest BCUT2D eigenvalue weighted by Gasteiger charge is -2.18. The van der Waals surface area contributed by atoms with Crippen LogP contribution in [0.25, 0.3) is 0 Å². The summed E-state index contributed by atoms with van der Waals surface area (Å²) in [5.41, 5.74) is 7.24. The van der Waals surface area contributed by atoms with Gasteiger partial charge in [0.1, 0.15) is 0 Å². The summed E-state index contributed by atoms with van der Waals surface area (Å²) in [4.78, 5) is 6.61. The number of methoxy groups -OCH3 is 2. The molecule has 1 aromatic rings. The van der Waals surface area contributed by atoms with Gasteiger partial charge in [-0.25, -0.2) is 0 Å². The third kappa shape index (κ3) is 4.29. The van der Waals surface area contributed by atoms with Crippen LogP contribution in [0.2, 0.25) is 0 Å². The van der Waals surface area contributed by atoms with E-state index < -0.39 is 0 Å². The van der Waals surface area contributed by atoms with Gasteiger partial charge in [-0.3, -0.25) is 4.99 Å². The molecule has 0 saturated heterocycles. The van der Waals surface area contributed by atoms with Crippen LogP contribution in [0.3, 0.4) is 0 Å². The quantitative estimate of drug-likeness (QED) is 0.620. The molecular weight excluding hydrogens is 278 g/mol. The van der Waals surface area contributed by atoms with Gasteiger partial charge in [-0.05, 0) is 42.9 Å². The molecule has 0 aromatic heterocycles. The maximum absolute atomic E-state index is 6.02. The highest BCUT2D eigenvalue weighted by Crippen LogP contribution is 2.28. The van der Waals surface area contributed by atoms with Gasteiger partial charge in [0.2, 0.25) is 0 Å². The first kappa shape index (κ1) is 16.5. The van der Waals surface area contributed by atoms with E-state index in [1.165, 1.54) is 18.4 Å². The number of aliphatic imine (C=N–C) groups is 1. The van der Waals surface area contributed by atoms with Gasteiger partial charge >= 0.3 is 0 Å². The van der Waals surface area contributed by atoms with Crippen LogP contribution in [0.4, 0.5) is 0 Å². The Morgan fingerprint density at radius 1 is 1.32 bits per heavy atom. The van der Waals surface area contributed by atoms with Crippen LogP contribution in [0.1, 0.15) is 25.3 Å². The Balaban J connectivity index is 1.91. The number of hydrogen-bond donors (Lipinski definition) is 1. The lowest BCUT2D eigenvalue weighted by molar-refractivity contribution is 0.354. The van der Waals surface area contributed by atoms with E-state index in [4.69, 9.17) is 15.2 Å². The Morgan fingerprint density at radius 2 is 2.00 bits per heavy atom. The Kier molecular flexibility index (Phi) is 5.52. The normalized spacial score (nSPS) is 16.3. The minimum Gasteiger partial charge on any atom is -0.493 e. The molecule has 5 nitrogen and oxygen atoms in total. The fourth-order valence-electron chi connectivity index (χ4n) is 2.48. The van der Waals surface area contributed by atoms with Gasteiger partial charge in [-0.15, -0.1) is 0 Å². The average Bonchev–Trinajstić information content (AvgIpc) is 3.36. The molecule has 1 saturated carbocycles. The summed E-state index contributed by atoms with van der Waals surface area (Å²) < 4.78 is 10.6. The van der Waals surface area contributed by atoms with Crippen LogP contribution >= 0.6 is 0 Å². The van der Waals surface area contributed by atoms with E-state index in [2.05, 4.69) is 22.9 Å². The molecule has 5 heteroatoms. The number of nitrogens with two attached hydrogens (primary N) is 1. The molecule has 22 heavy (non-hydrogen) atoms. The van der Waals surface area contributed by atoms with Crippen molar-refractivity contribution in [2.75, 3.05) is 27.8 Å². The molecule has 0 spiro atoms. The van der Waals surface area contributed by atoms with Gasteiger partial charge in [-0.2, -0.15) is 0 Å². The predicted molar refractivity (Wildman–Crippen MR) is 89.7 cm³/mol. The summed E-state index contributed by atoms with van der Waals surface area (Å²) in [5, 5.41) is 0. The largest absolute Gasteiger partial charge is 0.493 e. The van der Waals surface area contributed by atoms with Crippen molar-refractivity contribution in [2.24, 2.45) is 16.6 Å². The van der Waals surface area contributed by atoms with Crippen LogP contribution < -0.4 is 15.2 Å². The summed E-state index contributed by atoms with van der Waals surface area (Å²) in [5.74, 6) is 2.60. The maximum atomic E-state index is 6.02. The molecular formula is C17H27N3O2. The van der Waals surface area contributed by atoms with E-state index in [9.17, 15) is 0 Å². The van der Waals surface area contributed by atoms with Crippen LogP contribution in [0, 0.1) is 5.92 Å². The van der Waals surface area contributed by atoms with Crippen LogP contribution in [-0.2, 0) is 6.42 Å². The van der Waals surface area contributed by atoms with Crippen molar-refractivity contribution in [3.05, 3.63) is 23.8 Å². The van der Waals surface area contributed by atoms with Gasteiger partial charge in [0.25, 0.3) is 0 Å². The third-order valence-corrected chi connectivity index (χ3v) is 4.05. The SMILES string of the molecule is COc1ccc(CC(C)CN=C(N)N(C)C2CC2)cc1OC. The standard InChI is InChI=1S/C17H27N3O2/c1-12(11-19-17(18)20(2)14-6-7-14)9-13-5-8-15(21-3)16(10-13)22-4/h5,8,10,12,14H,6-7,9,11H2,1-4H3,(H2,18,19). The molecule has 0 radical (unpaired) electrons. The molecule has 2 N–H and O–H groups in total. The summed E-state index contributed by atoms with van der Waals surface area (Å²) in [6.07, 6.45) is 3.39. The number of benzene rings is 1. The zero-order valence-corrected chi connectivity index (χ0v) is 14.0. The molecule has 1 aliphatic carbocycles. The van der Waals surface area contributed by atoms with E-state index in [0.717, 1.165) is 24.5 Å². The Labute approximate surface area is 133 Å². The molecule has 1 fully saturated rings. The summed E-state index contributed by atoms with van der Waals surface area (Å²) in [6, 6.07) is 6.64. The fraction of sp³-hybridized carbons (Fsp3) is 0.588. The number of nitrogens with zero attached hydrogens (tertiary/aromatic N) is 2. The lowest BCUT2D eigenvalue weighted by Crippen LogP contribution is -2.36. The Morgan fingerprint density at radius 3 is 2.59 bits per heavy atom. The summed E-state index contributed by atoms with van der Waals surface area (Å²) >= 11 is 0. The molecule has 2 rings (SSSR count). The van der Waals surface area contributed by atoms with Crippen molar-refractivity contribution in [1.29, 1.82) is 0 Å². The van der Waals surface area contributed by atoms with E-state index in [0.29, 0.717) is 17.9 Å². The molecule has 0 heterocycles. The van der Waals surface area contributed by atoms with Gasteiger partial charge in [0, 0.05) is 19.6 Å². The molecule has 1 atom stereocenters. The average molecular weight is 305 g/mol. The summed E-state index contributed by atoms with van der Waals surface area (Å²) in [6.45, 7) is 2.92. The predicted octanol–water partition coefficient (Wildman–Crippen LogP) is 2.29. The van der Waals surface area contributed by atoms with Gasteiger partial charge in [0.05, 0.1) is 14.2 Å². The van der Waals surface area contributed by atoms with Crippen LogP contribution in [-0.4, -0.2) is 44.7 Å². The van der Waals surface area contributed by atoms with Gasteiger partial charge < -0.3 is 20.1 Å². The number of rotatable bonds is 7. The Bertz CT molecular complexity index is 527. The smallest absolute Gasteiger partial charge is 0.191 e. The minimum atomic E-state index is 0.421. The monoisotopic (exact) mass is 305 g/mol. The van der Waals surface area contributed by atoms with Crippen molar-refractivity contribution in [2.45, 2.75) is 32.2 Å². The van der Waals surface area contributed by atoms with Crippen molar-refractivity contribution in [1.82, 2.24) is 4.90 Å². The first-order valence-corrected chi connectivity index (χ1v) is 7.78. The molecule has 0 bridgehead atoms. The fourth-order valence-corrected chi connectivity index (χ4v) is 2.48. The molecule has 122 valence electrons. The van der Waals surface area contributed by atoms with Crippen molar-refractivity contribution in [3.8, 4) is 11.5 Å². The molecule has 0 aliphatic heterocycles. The highest BCUT2D eigenvalue weighted by atomic mass is 16.5. The number of guanidine groups is 1. The summed E-state index contributed by atoms with van der Waals surface area (Å²) in [7, 11) is 5.33. The molecule has 0 amide bonds. The third-order valence-electron chi connectivity index (χ3n) is 4.05. The first-order valence-electron chi connectivity index (χ1n) is 7.78. The highest BCUT2D eigenvalue weighted by Gasteiger charge is 2.27. The first-order chi connectivity index (χ1) is 10.5. The van der Waals surface area contributed by atoms with E-state index in [-0.39, 0.29) is 0 Å². The van der Waals surface area contributed by atoms with Crippen molar-refractivity contribution >= 4 is 5.96 Å². The number of ether oxygens (including phenoxy) is 2. The van der Waals surface area contributed by atoms with E-state index >= 15 is 0 Å². The van der Waals surface area contributed by atoms with Crippen LogP contribution in [0.5, 0.6) is 11.5 Å². The van der Waals surface area contributed by atoms with Crippen LogP contribution in [0.15, 0.2) is 23.2 Å². The zero-order valence-electron chi connectivity index (χ0n) is 14.0. The second kappa shape index (κ2) is 7.38. The maximum Gasteiger partial charge on any atom is 0.191 e. The zero-order chi connectivity index (χ0) is 16.1. The highest BCUT2D eigenvalue weighted by molar-refractivity contribution is 5.78. The van der Waals surface area contributed by atoms with E-state index in [1.54, 1.807) is 14.2 Å². The lowest BCUT2D eigenvalue weighted by atomic mass is 10.0. The topological polar surface area (TPSA) is 60.1 Å². The molecule has 1 unspecified atom stereocenters. The molecule has 1 aliphatic rings. The second-order valence-electron chi connectivity index (χ2n) is 6.04. The minimum absolute atomic E-state index is 0.421. The van der Waals surface area contributed by atoms with E-state index in [1.807, 2.05) is 19.2 Å². The Hall–Kier alpha value is -1.91. The van der Waals surface area contributed by atoms with Crippen molar-refractivity contribution in [3.63, 3.8) is 0 Å². The molecule has 1 aromatic carbocycles.